The lowest BCUT2D eigenvalue weighted by atomic mass is 9.98. The predicted molar refractivity (Wildman–Crippen MR) is 76.5 cm³/mol. The van der Waals surface area contributed by atoms with Crippen molar-refractivity contribution in [3.63, 3.8) is 0 Å². The molecule has 4 heteroatoms. The van der Waals surface area contributed by atoms with Gasteiger partial charge in [0.1, 0.15) is 5.82 Å². The molecule has 0 saturated carbocycles. The summed E-state index contributed by atoms with van der Waals surface area (Å²) < 4.78 is 5.18. The average Bonchev–Trinajstić information content (AvgIpc) is 2.64. The molecule has 1 aliphatic rings. The fraction of sp³-hybridized carbons (Fsp3) is 0.250. The van der Waals surface area contributed by atoms with Gasteiger partial charge in [0.25, 0.3) is 0 Å². The minimum absolute atomic E-state index is 0.265. The molecule has 0 amide bonds. The Morgan fingerprint density at radius 1 is 1.30 bits per heavy atom. The molecule has 1 aromatic carbocycles. The number of anilines is 1. The Hall–Kier alpha value is -2.36. The SMILES string of the molecule is CCOC(=O)[C@@H]1Nc2ncccc2Cc2ccccc21. The number of nitrogens with one attached hydrogen (secondary N) is 1. The first-order valence-corrected chi connectivity index (χ1v) is 6.74. The fourth-order valence-corrected chi connectivity index (χ4v) is 2.52. The molecule has 1 N–H and O–H groups in total. The van der Waals surface area contributed by atoms with Gasteiger partial charge in [-0.3, -0.25) is 0 Å². The lowest BCUT2D eigenvalue weighted by Gasteiger charge is -2.18. The molecule has 3 rings (SSSR count). The second kappa shape index (κ2) is 5.33. The predicted octanol–water partition coefficient (Wildman–Crippen LogP) is 2.70. The molecule has 0 radical (unpaired) electrons. The van der Waals surface area contributed by atoms with Gasteiger partial charge in [-0.05, 0) is 29.7 Å². The van der Waals surface area contributed by atoms with Gasteiger partial charge in [0.05, 0.1) is 6.61 Å². The third kappa shape index (κ3) is 2.25. The van der Waals surface area contributed by atoms with Gasteiger partial charge in [-0.25, -0.2) is 9.78 Å². The number of ether oxygens (including phenoxy) is 1. The Labute approximate surface area is 117 Å². The van der Waals surface area contributed by atoms with Gasteiger partial charge >= 0.3 is 5.97 Å². The minimum atomic E-state index is -0.498. The fourth-order valence-electron chi connectivity index (χ4n) is 2.52. The molecule has 0 unspecified atom stereocenters. The zero-order chi connectivity index (χ0) is 13.9. The van der Waals surface area contributed by atoms with E-state index in [0.29, 0.717) is 6.61 Å². The third-order valence-corrected chi connectivity index (χ3v) is 3.44. The van der Waals surface area contributed by atoms with Crippen LogP contribution in [0.25, 0.3) is 0 Å². The summed E-state index contributed by atoms with van der Waals surface area (Å²) in [6.45, 7) is 2.18. The van der Waals surface area contributed by atoms with E-state index in [1.807, 2.05) is 43.3 Å². The first-order chi connectivity index (χ1) is 9.79. The lowest BCUT2D eigenvalue weighted by Crippen LogP contribution is -2.23. The van der Waals surface area contributed by atoms with Gasteiger partial charge in [0.2, 0.25) is 0 Å². The van der Waals surface area contributed by atoms with Crippen molar-refractivity contribution in [2.24, 2.45) is 0 Å². The molecule has 20 heavy (non-hydrogen) atoms. The van der Waals surface area contributed by atoms with Gasteiger partial charge in [0, 0.05) is 12.6 Å². The van der Waals surface area contributed by atoms with E-state index in [9.17, 15) is 4.79 Å². The maximum atomic E-state index is 12.2. The molecule has 0 fully saturated rings. The van der Waals surface area contributed by atoms with Crippen LogP contribution in [0.2, 0.25) is 0 Å². The molecule has 4 nitrogen and oxygen atoms in total. The van der Waals surface area contributed by atoms with Crippen LogP contribution in [0, 0.1) is 0 Å². The van der Waals surface area contributed by atoms with E-state index in [1.54, 1.807) is 6.20 Å². The second-order valence-corrected chi connectivity index (χ2v) is 4.72. The number of nitrogens with zero attached hydrogens (tertiary/aromatic N) is 1. The van der Waals surface area contributed by atoms with E-state index in [1.165, 1.54) is 0 Å². The molecule has 0 saturated heterocycles. The number of pyridine rings is 1. The summed E-state index contributed by atoms with van der Waals surface area (Å²) in [4.78, 5) is 16.5. The van der Waals surface area contributed by atoms with Crippen LogP contribution in [-0.2, 0) is 16.0 Å². The molecular formula is C16H16N2O2. The van der Waals surface area contributed by atoms with Crippen LogP contribution in [0.5, 0.6) is 0 Å². The van der Waals surface area contributed by atoms with Crippen molar-refractivity contribution in [3.05, 3.63) is 59.3 Å². The van der Waals surface area contributed by atoms with E-state index in [0.717, 1.165) is 28.9 Å². The summed E-state index contributed by atoms with van der Waals surface area (Å²) in [6.07, 6.45) is 2.49. The summed E-state index contributed by atoms with van der Waals surface area (Å²) in [6, 6.07) is 11.4. The van der Waals surface area contributed by atoms with E-state index >= 15 is 0 Å². The Morgan fingerprint density at radius 3 is 2.95 bits per heavy atom. The smallest absolute Gasteiger partial charge is 0.333 e. The highest BCUT2D eigenvalue weighted by atomic mass is 16.5. The van der Waals surface area contributed by atoms with Crippen LogP contribution < -0.4 is 5.32 Å². The zero-order valence-electron chi connectivity index (χ0n) is 11.3. The van der Waals surface area contributed by atoms with Gasteiger partial charge in [-0.2, -0.15) is 0 Å². The van der Waals surface area contributed by atoms with Crippen molar-refractivity contribution in [3.8, 4) is 0 Å². The normalized spacial score (nSPS) is 16.4. The van der Waals surface area contributed by atoms with Crippen molar-refractivity contribution < 1.29 is 9.53 Å². The number of esters is 1. The first kappa shape index (κ1) is 12.7. The number of hydrogen-bond donors (Lipinski definition) is 1. The van der Waals surface area contributed by atoms with Crippen LogP contribution in [-0.4, -0.2) is 17.6 Å². The van der Waals surface area contributed by atoms with Crippen LogP contribution >= 0.6 is 0 Å². The molecule has 0 aliphatic carbocycles. The average molecular weight is 268 g/mol. The molecule has 1 aliphatic heterocycles. The molecule has 1 aromatic heterocycles. The Bertz CT molecular complexity index is 640. The maximum absolute atomic E-state index is 12.2. The zero-order valence-corrected chi connectivity index (χ0v) is 11.3. The topological polar surface area (TPSA) is 51.2 Å². The number of hydrogen-bond acceptors (Lipinski definition) is 4. The second-order valence-electron chi connectivity index (χ2n) is 4.72. The van der Waals surface area contributed by atoms with E-state index < -0.39 is 6.04 Å². The maximum Gasteiger partial charge on any atom is 0.333 e. The Balaban J connectivity index is 2.08. The van der Waals surface area contributed by atoms with Crippen LogP contribution in [0.1, 0.15) is 29.7 Å². The van der Waals surface area contributed by atoms with E-state index in [2.05, 4.69) is 10.3 Å². The van der Waals surface area contributed by atoms with Crippen molar-refractivity contribution in [1.29, 1.82) is 0 Å². The van der Waals surface area contributed by atoms with Crippen LogP contribution in [0.3, 0.4) is 0 Å². The summed E-state index contributed by atoms with van der Waals surface area (Å²) in [5.41, 5.74) is 3.18. The van der Waals surface area contributed by atoms with Gasteiger partial charge < -0.3 is 10.1 Å². The number of aromatic nitrogens is 1. The number of fused-ring (bicyclic) bond motifs is 2. The molecule has 0 bridgehead atoms. The van der Waals surface area contributed by atoms with Crippen molar-refractivity contribution >= 4 is 11.8 Å². The monoisotopic (exact) mass is 268 g/mol. The minimum Gasteiger partial charge on any atom is -0.464 e. The highest BCUT2D eigenvalue weighted by Gasteiger charge is 2.28. The third-order valence-electron chi connectivity index (χ3n) is 3.44. The molecule has 102 valence electrons. The number of rotatable bonds is 2. The first-order valence-electron chi connectivity index (χ1n) is 6.74. The summed E-state index contributed by atoms with van der Waals surface area (Å²) in [5, 5.41) is 3.21. The largest absolute Gasteiger partial charge is 0.464 e. The van der Waals surface area contributed by atoms with Crippen molar-refractivity contribution in [2.75, 3.05) is 11.9 Å². The Kier molecular flexibility index (Phi) is 3.37. The standard InChI is InChI=1S/C16H16N2O2/c1-2-20-16(19)14-13-8-4-3-6-11(13)10-12-7-5-9-17-15(12)18-14/h3-9,14H,2,10H2,1H3,(H,17,18)/t14-/m1/s1. The van der Waals surface area contributed by atoms with Gasteiger partial charge in [0.15, 0.2) is 6.04 Å². The number of carbonyl (C=O) groups is 1. The number of benzene rings is 1. The van der Waals surface area contributed by atoms with Crippen molar-refractivity contribution in [1.82, 2.24) is 4.98 Å². The molecule has 0 spiro atoms. The summed E-state index contributed by atoms with van der Waals surface area (Å²) >= 11 is 0. The highest BCUT2D eigenvalue weighted by molar-refractivity contribution is 5.82. The molecule has 2 aromatic rings. The van der Waals surface area contributed by atoms with Crippen molar-refractivity contribution in [2.45, 2.75) is 19.4 Å². The lowest BCUT2D eigenvalue weighted by molar-refractivity contribution is -0.144. The summed E-state index contributed by atoms with van der Waals surface area (Å²) in [7, 11) is 0. The molecule has 2 heterocycles. The van der Waals surface area contributed by atoms with Gasteiger partial charge in [-0.15, -0.1) is 0 Å². The van der Waals surface area contributed by atoms with Gasteiger partial charge in [-0.1, -0.05) is 30.3 Å². The highest BCUT2D eigenvalue weighted by Crippen LogP contribution is 2.31. The quantitative estimate of drug-likeness (QED) is 0.851. The Morgan fingerprint density at radius 2 is 2.10 bits per heavy atom. The van der Waals surface area contributed by atoms with E-state index in [4.69, 9.17) is 4.74 Å². The van der Waals surface area contributed by atoms with Crippen LogP contribution in [0.4, 0.5) is 5.82 Å². The molecular weight excluding hydrogens is 252 g/mol. The number of carbonyl (C=O) groups excluding carboxylic acids is 1. The summed E-state index contributed by atoms with van der Waals surface area (Å²) in [5.74, 6) is 0.486. The van der Waals surface area contributed by atoms with Crippen LogP contribution in [0.15, 0.2) is 42.6 Å². The molecule has 1 atom stereocenters. The van der Waals surface area contributed by atoms with E-state index in [-0.39, 0.29) is 5.97 Å².